The van der Waals surface area contributed by atoms with E-state index >= 15 is 0 Å². The third kappa shape index (κ3) is 5.59. The van der Waals surface area contributed by atoms with Gasteiger partial charge in [-0.1, -0.05) is 34.8 Å². The zero-order valence-electron chi connectivity index (χ0n) is 13.3. The number of unbranched alkanes of at least 4 members (excludes halogenated alkanes) is 1. The Labute approximate surface area is 157 Å². The van der Waals surface area contributed by atoms with E-state index in [1.807, 2.05) is 12.1 Å². The van der Waals surface area contributed by atoms with E-state index in [4.69, 9.17) is 39.5 Å². The number of halogens is 3. The van der Waals surface area contributed by atoms with Gasteiger partial charge in [0.05, 0.1) is 16.7 Å². The lowest BCUT2D eigenvalue weighted by Gasteiger charge is -2.17. The van der Waals surface area contributed by atoms with Gasteiger partial charge in [0, 0.05) is 24.2 Å². The molecule has 0 aliphatic heterocycles. The second kappa shape index (κ2) is 9.16. The van der Waals surface area contributed by atoms with Gasteiger partial charge < -0.3 is 9.64 Å². The van der Waals surface area contributed by atoms with Crippen LogP contribution in [0.5, 0.6) is 5.75 Å². The van der Waals surface area contributed by atoms with Crippen molar-refractivity contribution in [1.29, 1.82) is 0 Å². The average Bonchev–Trinajstić information content (AvgIpc) is 2.58. The van der Waals surface area contributed by atoms with Gasteiger partial charge in [-0.25, -0.2) is 0 Å². The highest BCUT2D eigenvalue weighted by molar-refractivity contribution is 6.42. The van der Waals surface area contributed by atoms with E-state index in [2.05, 4.69) is 0 Å². The molecule has 6 heteroatoms. The van der Waals surface area contributed by atoms with Crippen LogP contribution in [0, 0.1) is 0 Å². The molecule has 0 N–H and O–H groups in total. The lowest BCUT2D eigenvalue weighted by atomic mass is 10.2. The van der Waals surface area contributed by atoms with Gasteiger partial charge in [-0.15, -0.1) is 0 Å². The number of carbonyl (C=O) groups is 1. The lowest BCUT2D eigenvalue weighted by molar-refractivity contribution is 0.0791. The predicted molar refractivity (Wildman–Crippen MR) is 99.6 cm³/mol. The Morgan fingerprint density at radius 1 is 1.00 bits per heavy atom. The number of amides is 1. The third-order valence-electron chi connectivity index (χ3n) is 3.48. The van der Waals surface area contributed by atoms with Gasteiger partial charge in [-0.2, -0.15) is 0 Å². The number of hydrogen-bond acceptors (Lipinski definition) is 2. The fourth-order valence-electron chi connectivity index (χ4n) is 2.12. The minimum Gasteiger partial charge on any atom is -0.494 e. The number of nitrogens with zero attached hydrogens (tertiary/aromatic N) is 1. The molecule has 0 atom stereocenters. The Morgan fingerprint density at radius 3 is 2.38 bits per heavy atom. The molecule has 0 unspecified atom stereocenters. The Balaban J connectivity index is 1.72. The molecule has 3 nitrogen and oxygen atoms in total. The van der Waals surface area contributed by atoms with Gasteiger partial charge in [-0.3, -0.25) is 4.79 Å². The van der Waals surface area contributed by atoms with Crippen LogP contribution in [-0.2, 0) is 0 Å². The molecule has 0 fully saturated rings. The molecular weight excluding hydrogens is 369 g/mol. The van der Waals surface area contributed by atoms with Crippen molar-refractivity contribution in [1.82, 2.24) is 4.90 Å². The smallest absolute Gasteiger partial charge is 0.253 e. The molecule has 2 rings (SSSR count). The van der Waals surface area contributed by atoms with Gasteiger partial charge in [0.25, 0.3) is 5.91 Å². The van der Waals surface area contributed by atoms with Crippen molar-refractivity contribution in [2.24, 2.45) is 0 Å². The van der Waals surface area contributed by atoms with Gasteiger partial charge in [0.2, 0.25) is 0 Å². The first kappa shape index (κ1) is 18.9. The van der Waals surface area contributed by atoms with Crippen molar-refractivity contribution in [3.05, 3.63) is 63.1 Å². The molecule has 0 bridgehead atoms. The highest BCUT2D eigenvalue weighted by Gasteiger charge is 2.12. The standard InChI is InChI=1S/C18H18Cl3NO2/c1-22(18(23)13-4-9-16(20)17(21)12-13)10-2-3-11-24-15-7-5-14(19)6-8-15/h4-9,12H,2-3,10-11H2,1H3. The van der Waals surface area contributed by atoms with E-state index in [-0.39, 0.29) is 5.91 Å². The SMILES string of the molecule is CN(CCCCOc1ccc(Cl)cc1)C(=O)c1ccc(Cl)c(Cl)c1. The van der Waals surface area contributed by atoms with Gasteiger partial charge in [0.15, 0.2) is 0 Å². The zero-order chi connectivity index (χ0) is 17.5. The van der Waals surface area contributed by atoms with E-state index in [1.54, 1.807) is 42.3 Å². The molecule has 0 radical (unpaired) electrons. The van der Waals surface area contributed by atoms with Crippen LogP contribution in [0.3, 0.4) is 0 Å². The van der Waals surface area contributed by atoms with Crippen LogP contribution in [0.2, 0.25) is 15.1 Å². The molecule has 1 amide bonds. The lowest BCUT2D eigenvalue weighted by Crippen LogP contribution is -2.28. The molecular formula is C18H18Cl3NO2. The van der Waals surface area contributed by atoms with Crippen molar-refractivity contribution in [2.75, 3.05) is 20.2 Å². The summed E-state index contributed by atoms with van der Waals surface area (Å²) in [5, 5.41) is 1.51. The van der Waals surface area contributed by atoms with Crippen LogP contribution in [0.15, 0.2) is 42.5 Å². The molecule has 0 heterocycles. The summed E-state index contributed by atoms with van der Waals surface area (Å²) in [4.78, 5) is 14.0. The Kier molecular flexibility index (Phi) is 7.22. The summed E-state index contributed by atoms with van der Waals surface area (Å²) < 4.78 is 5.62. The maximum absolute atomic E-state index is 12.3. The molecule has 0 aliphatic carbocycles. The number of ether oxygens (including phenoxy) is 1. The summed E-state index contributed by atoms with van der Waals surface area (Å²) in [5.74, 6) is 0.715. The van der Waals surface area contributed by atoms with Crippen LogP contribution in [0.1, 0.15) is 23.2 Å². The number of benzene rings is 2. The summed E-state index contributed by atoms with van der Waals surface area (Å²) in [5.41, 5.74) is 0.532. The summed E-state index contributed by atoms with van der Waals surface area (Å²) in [6, 6.07) is 12.2. The van der Waals surface area contributed by atoms with Crippen LogP contribution < -0.4 is 4.74 Å². The van der Waals surface area contributed by atoms with Crippen molar-refractivity contribution in [3.8, 4) is 5.75 Å². The maximum atomic E-state index is 12.3. The van der Waals surface area contributed by atoms with Gasteiger partial charge in [-0.05, 0) is 55.3 Å². The second-order valence-electron chi connectivity index (χ2n) is 5.37. The summed E-state index contributed by atoms with van der Waals surface area (Å²) in [6.07, 6.45) is 1.69. The van der Waals surface area contributed by atoms with Gasteiger partial charge >= 0.3 is 0 Å². The molecule has 2 aromatic carbocycles. The minimum absolute atomic E-state index is 0.0767. The topological polar surface area (TPSA) is 29.5 Å². The summed E-state index contributed by atoms with van der Waals surface area (Å²) in [6.45, 7) is 1.24. The number of rotatable bonds is 7. The first-order valence-electron chi connectivity index (χ1n) is 7.56. The molecule has 128 valence electrons. The highest BCUT2D eigenvalue weighted by atomic mass is 35.5. The van der Waals surface area contributed by atoms with Crippen molar-refractivity contribution < 1.29 is 9.53 Å². The zero-order valence-corrected chi connectivity index (χ0v) is 15.5. The van der Waals surface area contributed by atoms with Crippen LogP contribution >= 0.6 is 34.8 Å². The number of hydrogen-bond donors (Lipinski definition) is 0. The fraction of sp³-hybridized carbons (Fsp3) is 0.278. The van der Waals surface area contributed by atoms with Crippen LogP contribution in [0.25, 0.3) is 0 Å². The number of carbonyl (C=O) groups excluding carboxylic acids is 1. The molecule has 0 saturated heterocycles. The van der Waals surface area contributed by atoms with E-state index in [0.29, 0.717) is 33.8 Å². The monoisotopic (exact) mass is 385 g/mol. The van der Waals surface area contributed by atoms with Crippen molar-refractivity contribution >= 4 is 40.7 Å². The largest absolute Gasteiger partial charge is 0.494 e. The summed E-state index contributed by atoms with van der Waals surface area (Å²) >= 11 is 17.6. The second-order valence-corrected chi connectivity index (χ2v) is 6.62. The first-order valence-corrected chi connectivity index (χ1v) is 8.69. The normalized spacial score (nSPS) is 10.5. The quantitative estimate of drug-likeness (QED) is 0.581. The molecule has 24 heavy (non-hydrogen) atoms. The van der Waals surface area contributed by atoms with E-state index < -0.39 is 0 Å². The minimum atomic E-state index is -0.0767. The maximum Gasteiger partial charge on any atom is 0.253 e. The molecule has 2 aromatic rings. The van der Waals surface area contributed by atoms with E-state index in [1.165, 1.54) is 0 Å². The average molecular weight is 387 g/mol. The Morgan fingerprint density at radius 2 is 1.71 bits per heavy atom. The molecule has 0 saturated carbocycles. The van der Waals surface area contributed by atoms with E-state index in [9.17, 15) is 4.79 Å². The Bertz CT molecular complexity index is 689. The highest BCUT2D eigenvalue weighted by Crippen LogP contribution is 2.23. The van der Waals surface area contributed by atoms with Crippen molar-refractivity contribution in [2.45, 2.75) is 12.8 Å². The molecule has 0 aliphatic rings. The Hall–Kier alpha value is -1.42. The molecule has 0 aromatic heterocycles. The van der Waals surface area contributed by atoms with E-state index in [0.717, 1.165) is 18.6 Å². The van der Waals surface area contributed by atoms with Crippen molar-refractivity contribution in [3.63, 3.8) is 0 Å². The van der Waals surface area contributed by atoms with Gasteiger partial charge in [0.1, 0.15) is 5.75 Å². The van der Waals surface area contributed by atoms with Crippen LogP contribution in [-0.4, -0.2) is 31.0 Å². The fourth-order valence-corrected chi connectivity index (χ4v) is 2.55. The van der Waals surface area contributed by atoms with Crippen LogP contribution in [0.4, 0.5) is 0 Å². The predicted octanol–water partition coefficient (Wildman–Crippen LogP) is 5.58. The summed E-state index contributed by atoms with van der Waals surface area (Å²) in [7, 11) is 1.77. The third-order valence-corrected chi connectivity index (χ3v) is 4.47. The molecule has 0 spiro atoms. The first-order chi connectivity index (χ1) is 11.5.